The zero-order valence-corrected chi connectivity index (χ0v) is 6.07. The lowest BCUT2D eigenvalue weighted by Crippen LogP contribution is -2.14. The Kier molecular flexibility index (Phi) is 3.93. The summed E-state index contributed by atoms with van der Waals surface area (Å²) in [5, 5.41) is 0. The van der Waals surface area contributed by atoms with Crippen LogP contribution in [0.4, 0.5) is 13.2 Å². The summed E-state index contributed by atoms with van der Waals surface area (Å²) in [7, 11) is -1.92. The fraction of sp³-hybridized carbons (Fsp3) is 1.00. The molecule has 0 saturated heterocycles. The van der Waals surface area contributed by atoms with E-state index in [2.05, 4.69) is 9.05 Å². The van der Waals surface area contributed by atoms with Gasteiger partial charge in [-0.05, 0) is 0 Å². The zero-order chi connectivity index (χ0) is 8.20. The van der Waals surface area contributed by atoms with E-state index >= 15 is 0 Å². The van der Waals surface area contributed by atoms with Gasteiger partial charge in [0.25, 0.3) is 0 Å². The van der Waals surface area contributed by atoms with Gasteiger partial charge in [-0.25, -0.2) is 0 Å². The van der Waals surface area contributed by atoms with Gasteiger partial charge in [0, 0.05) is 7.11 Å². The third-order valence-electron chi connectivity index (χ3n) is 0.520. The Hall–Kier alpha value is -0.0600. The van der Waals surface area contributed by atoms with Crippen LogP contribution in [0.2, 0.25) is 0 Å². The average molecular weight is 178 g/mol. The van der Waals surface area contributed by atoms with Crippen molar-refractivity contribution in [3.8, 4) is 0 Å². The van der Waals surface area contributed by atoms with Crippen LogP contribution in [-0.2, 0) is 13.6 Å². The fourth-order valence-corrected chi connectivity index (χ4v) is 0.599. The number of halogens is 3. The molecular weight excluding hydrogens is 172 g/mol. The van der Waals surface area contributed by atoms with Crippen molar-refractivity contribution in [3.05, 3.63) is 0 Å². The molecule has 62 valence electrons. The lowest BCUT2D eigenvalue weighted by Gasteiger charge is -2.04. The molecule has 1 atom stereocenters. The van der Waals surface area contributed by atoms with Crippen LogP contribution in [0.5, 0.6) is 0 Å². The topological polar surface area (TPSA) is 35.5 Å². The molecule has 1 unspecified atom stereocenters. The van der Waals surface area contributed by atoms with Gasteiger partial charge in [0.2, 0.25) is 0 Å². The minimum Gasteiger partial charge on any atom is -0.314 e. The van der Waals surface area contributed by atoms with Crippen LogP contribution in [0.1, 0.15) is 0 Å². The van der Waals surface area contributed by atoms with E-state index in [1.54, 1.807) is 0 Å². The highest BCUT2D eigenvalue weighted by molar-refractivity contribution is 7.33. The molecule has 0 aromatic carbocycles. The Balaban J connectivity index is 3.46. The molecule has 0 amide bonds. The second kappa shape index (κ2) is 3.95. The summed E-state index contributed by atoms with van der Waals surface area (Å²) in [6.45, 7) is -1.53. The molecule has 0 heterocycles. The van der Waals surface area contributed by atoms with Gasteiger partial charge < -0.3 is 9.05 Å². The Bertz CT molecular complexity index is 123. The molecule has 7 heteroatoms. The summed E-state index contributed by atoms with van der Waals surface area (Å²) in [6.07, 6.45) is -4.45. The first kappa shape index (κ1) is 9.94. The SMILES string of the molecule is CO[PH](=O)OCC(F)(F)F. The highest BCUT2D eigenvalue weighted by Gasteiger charge is 2.28. The van der Waals surface area contributed by atoms with Crippen LogP contribution in [0.3, 0.4) is 0 Å². The standard InChI is InChI=1S/C3H6F3O3P/c1-8-10(7)9-2-3(4,5)6/h10H,2H2,1H3. The lowest BCUT2D eigenvalue weighted by molar-refractivity contribution is -0.154. The zero-order valence-electron chi connectivity index (χ0n) is 5.07. The van der Waals surface area contributed by atoms with Crippen molar-refractivity contribution in [2.24, 2.45) is 0 Å². The van der Waals surface area contributed by atoms with Crippen molar-refractivity contribution in [1.29, 1.82) is 0 Å². The van der Waals surface area contributed by atoms with Gasteiger partial charge >= 0.3 is 14.4 Å². The van der Waals surface area contributed by atoms with Gasteiger partial charge in [-0.3, -0.25) is 4.57 Å². The maximum Gasteiger partial charge on any atom is 0.412 e. The monoisotopic (exact) mass is 178 g/mol. The summed E-state index contributed by atoms with van der Waals surface area (Å²) in [6, 6.07) is 0. The molecule has 0 fully saturated rings. The van der Waals surface area contributed by atoms with Crippen LogP contribution in [-0.4, -0.2) is 19.9 Å². The molecule has 0 radical (unpaired) electrons. The molecular formula is C3H6F3O3P. The smallest absolute Gasteiger partial charge is 0.314 e. The third kappa shape index (κ3) is 6.07. The van der Waals surface area contributed by atoms with Gasteiger partial charge in [-0.15, -0.1) is 0 Å². The Morgan fingerprint density at radius 2 is 2.00 bits per heavy atom. The largest absolute Gasteiger partial charge is 0.412 e. The molecule has 0 aliphatic carbocycles. The highest BCUT2D eigenvalue weighted by atomic mass is 31.1. The van der Waals surface area contributed by atoms with Crippen LogP contribution in [0.25, 0.3) is 0 Å². The van der Waals surface area contributed by atoms with E-state index in [9.17, 15) is 17.7 Å². The van der Waals surface area contributed by atoms with Gasteiger partial charge in [0.15, 0.2) is 6.61 Å². The average Bonchev–Trinajstić information content (AvgIpc) is 1.81. The molecule has 0 saturated carbocycles. The Labute approximate surface area is 56.1 Å². The van der Waals surface area contributed by atoms with E-state index in [0.29, 0.717) is 0 Å². The van der Waals surface area contributed by atoms with Gasteiger partial charge in [0.1, 0.15) is 0 Å². The van der Waals surface area contributed by atoms with Crippen molar-refractivity contribution in [2.75, 3.05) is 13.7 Å². The van der Waals surface area contributed by atoms with Crippen LogP contribution in [0.15, 0.2) is 0 Å². The first-order chi connectivity index (χ1) is 4.45. The molecule has 0 N–H and O–H groups in total. The van der Waals surface area contributed by atoms with Crippen LogP contribution < -0.4 is 0 Å². The molecule has 0 aromatic heterocycles. The van der Waals surface area contributed by atoms with Crippen molar-refractivity contribution in [3.63, 3.8) is 0 Å². The van der Waals surface area contributed by atoms with E-state index in [1.165, 1.54) is 0 Å². The molecule has 0 aliphatic rings. The number of rotatable bonds is 3. The summed E-state index contributed by atoms with van der Waals surface area (Å²) in [5.74, 6) is 0. The minimum atomic E-state index is -4.45. The lowest BCUT2D eigenvalue weighted by atomic mass is 10.7. The normalized spacial score (nSPS) is 15.2. The van der Waals surface area contributed by atoms with Crippen molar-refractivity contribution < 1.29 is 26.8 Å². The van der Waals surface area contributed by atoms with E-state index in [1.807, 2.05) is 0 Å². The highest BCUT2D eigenvalue weighted by Crippen LogP contribution is 2.26. The number of hydrogen-bond donors (Lipinski definition) is 0. The third-order valence-corrected chi connectivity index (χ3v) is 1.23. The summed E-state index contributed by atoms with van der Waals surface area (Å²) in [4.78, 5) is 0. The Morgan fingerprint density at radius 3 is 2.30 bits per heavy atom. The van der Waals surface area contributed by atoms with Crippen molar-refractivity contribution in [1.82, 2.24) is 0 Å². The summed E-state index contributed by atoms with van der Waals surface area (Å²) < 4.78 is 51.6. The molecule has 10 heavy (non-hydrogen) atoms. The van der Waals surface area contributed by atoms with Crippen molar-refractivity contribution in [2.45, 2.75) is 6.18 Å². The Morgan fingerprint density at radius 1 is 1.50 bits per heavy atom. The predicted molar refractivity (Wildman–Crippen MR) is 28.0 cm³/mol. The van der Waals surface area contributed by atoms with Crippen molar-refractivity contribution >= 4 is 8.25 Å². The van der Waals surface area contributed by atoms with Gasteiger partial charge in [0.05, 0.1) is 0 Å². The second-order valence-corrected chi connectivity index (χ2v) is 2.55. The number of alkyl halides is 3. The molecule has 0 bridgehead atoms. The maximum absolute atomic E-state index is 11.2. The van der Waals surface area contributed by atoms with Gasteiger partial charge in [-0.2, -0.15) is 13.2 Å². The first-order valence-corrected chi connectivity index (χ1v) is 3.45. The predicted octanol–water partition coefficient (Wildman–Crippen LogP) is 1.60. The first-order valence-electron chi connectivity index (χ1n) is 2.23. The minimum absolute atomic E-state index is 1.01. The summed E-state index contributed by atoms with van der Waals surface area (Å²) >= 11 is 0. The second-order valence-electron chi connectivity index (χ2n) is 1.36. The van der Waals surface area contributed by atoms with Gasteiger partial charge in [-0.1, -0.05) is 0 Å². The molecule has 0 aromatic rings. The van der Waals surface area contributed by atoms with Crippen LogP contribution in [0, 0.1) is 0 Å². The molecule has 0 spiro atoms. The van der Waals surface area contributed by atoms with E-state index in [-0.39, 0.29) is 0 Å². The van der Waals surface area contributed by atoms with E-state index in [4.69, 9.17) is 0 Å². The fourth-order valence-electron chi connectivity index (χ4n) is 0.200. The summed E-state index contributed by atoms with van der Waals surface area (Å²) in [5.41, 5.74) is 0. The molecule has 0 aliphatic heterocycles. The van der Waals surface area contributed by atoms with E-state index < -0.39 is 21.0 Å². The van der Waals surface area contributed by atoms with Crippen LogP contribution >= 0.6 is 8.25 Å². The maximum atomic E-state index is 11.2. The van der Waals surface area contributed by atoms with E-state index in [0.717, 1.165) is 7.11 Å². The molecule has 3 nitrogen and oxygen atoms in total. The number of hydrogen-bond acceptors (Lipinski definition) is 3. The molecule has 0 rings (SSSR count). The quantitative estimate of drug-likeness (QED) is 0.615.